The normalized spacial score (nSPS) is 13.6. The third kappa shape index (κ3) is 3.78. The van der Waals surface area contributed by atoms with Crippen molar-refractivity contribution in [1.82, 2.24) is 9.97 Å². The number of methoxy groups -OCH3 is 2. The lowest BCUT2D eigenvalue weighted by atomic mass is 9.99. The molecule has 1 N–H and O–H groups in total. The number of anilines is 2. The van der Waals surface area contributed by atoms with Gasteiger partial charge in [-0.25, -0.2) is 4.98 Å². The lowest BCUT2D eigenvalue weighted by molar-refractivity contribution is 0.353. The van der Waals surface area contributed by atoms with Crippen molar-refractivity contribution in [2.45, 2.75) is 39.8 Å². The molecular formula is C19H26N4O2. The first kappa shape index (κ1) is 17.3. The highest BCUT2D eigenvalue weighted by molar-refractivity contribution is 5.53. The van der Waals surface area contributed by atoms with Gasteiger partial charge in [0.25, 0.3) is 0 Å². The smallest absolute Gasteiger partial charge is 0.225 e. The van der Waals surface area contributed by atoms with E-state index in [-0.39, 0.29) is 0 Å². The molecule has 1 aromatic carbocycles. The maximum atomic E-state index is 5.45. The molecule has 0 bridgehead atoms. The van der Waals surface area contributed by atoms with Gasteiger partial charge in [-0.15, -0.1) is 0 Å². The second kappa shape index (κ2) is 7.17. The summed E-state index contributed by atoms with van der Waals surface area (Å²) in [5.74, 6) is 3.19. The first-order valence-electron chi connectivity index (χ1n) is 8.61. The van der Waals surface area contributed by atoms with Crippen LogP contribution in [0.15, 0.2) is 18.2 Å². The van der Waals surface area contributed by atoms with Crippen LogP contribution in [-0.2, 0) is 13.0 Å². The van der Waals surface area contributed by atoms with Gasteiger partial charge < -0.3 is 19.7 Å². The Bertz CT molecular complexity index is 761. The summed E-state index contributed by atoms with van der Waals surface area (Å²) in [6.45, 7) is 7.89. The summed E-state index contributed by atoms with van der Waals surface area (Å²) in [7, 11) is 3.34. The van der Waals surface area contributed by atoms with Crippen molar-refractivity contribution in [3.05, 3.63) is 35.0 Å². The summed E-state index contributed by atoms with van der Waals surface area (Å²) in [4.78, 5) is 11.5. The molecule has 3 rings (SSSR count). The van der Waals surface area contributed by atoms with E-state index in [1.165, 1.54) is 11.1 Å². The van der Waals surface area contributed by atoms with Crippen LogP contribution in [0.2, 0.25) is 0 Å². The fraction of sp³-hybridized carbons (Fsp3) is 0.474. The Hall–Kier alpha value is -2.50. The molecule has 0 spiro atoms. The Morgan fingerprint density at radius 3 is 2.36 bits per heavy atom. The summed E-state index contributed by atoms with van der Waals surface area (Å²) in [5.41, 5.74) is 3.52. The standard InChI is InChI=1S/C19H26N4O2/c1-12(2)20-19-21-13(3)8-18(22-19)23-7-6-14-9-16(24-4)17(25-5)10-15(14)11-23/h8-10,12H,6-7,11H2,1-5H3,(H,20,21,22). The van der Waals surface area contributed by atoms with Crippen molar-refractivity contribution >= 4 is 11.8 Å². The van der Waals surface area contributed by atoms with E-state index in [1.54, 1.807) is 14.2 Å². The number of benzene rings is 1. The fourth-order valence-corrected chi connectivity index (χ4v) is 3.12. The highest BCUT2D eigenvalue weighted by Crippen LogP contribution is 2.34. The number of nitrogens with one attached hydrogen (secondary N) is 1. The Kier molecular flexibility index (Phi) is 4.97. The van der Waals surface area contributed by atoms with E-state index < -0.39 is 0 Å². The van der Waals surface area contributed by atoms with Gasteiger partial charge in [-0.1, -0.05) is 0 Å². The van der Waals surface area contributed by atoms with E-state index in [0.717, 1.165) is 42.5 Å². The maximum absolute atomic E-state index is 5.45. The van der Waals surface area contributed by atoms with Crippen LogP contribution in [0.25, 0.3) is 0 Å². The lowest BCUT2D eigenvalue weighted by Crippen LogP contribution is -2.31. The van der Waals surface area contributed by atoms with Crippen LogP contribution in [0.1, 0.15) is 30.7 Å². The Morgan fingerprint density at radius 1 is 1.04 bits per heavy atom. The van der Waals surface area contributed by atoms with Crippen molar-refractivity contribution in [3.63, 3.8) is 0 Å². The van der Waals surface area contributed by atoms with Gasteiger partial charge in [0.1, 0.15) is 5.82 Å². The lowest BCUT2D eigenvalue weighted by Gasteiger charge is -2.31. The Morgan fingerprint density at radius 2 is 1.72 bits per heavy atom. The van der Waals surface area contributed by atoms with Crippen molar-refractivity contribution in [3.8, 4) is 11.5 Å². The second-order valence-corrected chi connectivity index (χ2v) is 6.64. The molecule has 1 aliphatic rings. The number of hydrogen-bond donors (Lipinski definition) is 1. The molecule has 0 saturated carbocycles. The van der Waals surface area contributed by atoms with Crippen LogP contribution >= 0.6 is 0 Å². The third-order valence-corrected chi connectivity index (χ3v) is 4.30. The molecule has 0 amide bonds. The van der Waals surface area contributed by atoms with Gasteiger partial charge in [0.2, 0.25) is 5.95 Å². The summed E-state index contributed by atoms with van der Waals surface area (Å²) in [6, 6.07) is 6.50. The molecule has 2 aromatic rings. The summed E-state index contributed by atoms with van der Waals surface area (Å²) >= 11 is 0. The molecule has 0 unspecified atom stereocenters. The summed E-state index contributed by atoms with van der Waals surface area (Å²) in [5, 5.41) is 3.29. The largest absolute Gasteiger partial charge is 0.493 e. The Balaban J connectivity index is 1.88. The number of fused-ring (bicyclic) bond motifs is 1. The van der Waals surface area contributed by atoms with Gasteiger partial charge >= 0.3 is 0 Å². The molecule has 6 nitrogen and oxygen atoms in total. The average molecular weight is 342 g/mol. The molecule has 0 atom stereocenters. The third-order valence-electron chi connectivity index (χ3n) is 4.30. The molecular weight excluding hydrogens is 316 g/mol. The maximum Gasteiger partial charge on any atom is 0.225 e. The van der Waals surface area contributed by atoms with Gasteiger partial charge in [0.15, 0.2) is 11.5 Å². The minimum atomic E-state index is 0.299. The minimum Gasteiger partial charge on any atom is -0.493 e. The van der Waals surface area contributed by atoms with Crippen LogP contribution in [0.3, 0.4) is 0 Å². The molecule has 0 fully saturated rings. The minimum absolute atomic E-state index is 0.299. The van der Waals surface area contributed by atoms with Gasteiger partial charge in [-0.05, 0) is 50.5 Å². The van der Waals surface area contributed by atoms with Crippen molar-refractivity contribution in [2.24, 2.45) is 0 Å². The number of hydrogen-bond acceptors (Lipinski definition) is 6. The first-order chi connectivity index (χ1) is 12.0. The van der Waals surface area contributed by atoms with Gasteiger partial charge in [0.05, 0.1) is 14.2 Å². The number of nitrogens with zero attached hydrogens (tertiary/aromatic N) is 3. The quantitative estimate of drug-likeness (QED) is 0.900. The second-order valence-electron chi connectivity index (χ2n) is 6.64. The molecule has 134 valence electrons. The van der Waals surface area contributed by atoms with Gasteiger partial charge in [-0.3, -0.25) is 0 Å². The molecule has 2 heterocycles. The topological polar surface area (TPSA) is 59.5 Å². The van der Waals surface area contributed by atoms with Gasteiger partial charge in [0, 0.05) is 30.9 Å². The van der Waals surface area contributed by atoms with Crippen molar-refractivity contribution < 1.29 is 9.47 Å². The molecule has 0 radical (unpaired) electrons. The number of rotatable bonds is 5. The van der Waals surface area contributed by atoms with Crippen molar-refractivity contribution in [2.75, 3.05) is 31.0 Å². The molecule has 0 aliphatic carbocycles. The zero-order valence-corrected chi connectivity index (χ0v) is 15.6. The number of ether oxygens (including phenoxy) is 2. The highest BCUT2D eigenvalue weighted by Gasteiger charge is 2.21. The van der Waals surface area contributed by atoms with Crippen molar-refractivity contribution in [1.29, 1.82) is 0 Å². The van der Waals surface area contributed by atoms with E-state index in [1.807, 2.05) is 13.0 Å². The number of aromatic nitrogens is 2. The predicted molar refractivity (Wildman–Crippen MR) is 99.8 cm³/mol. The highest BCUT2D eigenvalue weighted by atomic mass is 16.5. The van der Waals surface area contributed by atoms with Crippen LogP contribution in [0.4, 0.5) is 11.8 Å². The van der Waals surface area contributed by atoms with E-state index >= 15 is 0 Å². The average Bonchev–Trinajstić information content (AvgIpc) is 2.58. The SMILES string of the molecule is COc1cc2c(cc1OC)CN(c1cc(C)nc(NC(C)C)n1)CC2. The van der Waals surface area contributed by atoms with E-state index in [4.69, 9.17) is 14.5 Å². The van der Waals surface area contributed by atoms with E-state index in [0.29, 0.717) is 12.0 Å². The summed E-state index contributed by atoms with van der Waals surface area (Å²) in [6.07, 6.45) is 0.950. The molecule has 6 heteroatoms. The fourth-order valence-electron chi connectivity index (χ4n) is 3.12. The van der Waals surface area contributed by atoms with E-state index in [2.05, 4.69) is 41.2 Å². The van der Waals surface area contributed by atoms with Crippen LogP contribution < -0.4 is 19.7 Å². The Labute approximate surface area is 149 Å². The van der Waals surface area contributed by atoms with Crippen LogP contribution in [0, 0.1) is 6.92 Å². The van der Waals surface area contributed by atoms with Crippen LogP contribution in [-0.4, -0.2) is 36.8 Å². The number of aryl methyl sites for hydroxylation is 1. The molecule has 1 aliphatic heterocycles. The van der Waals surface area contributed by atoms with Crippen LogP contribution in [0.5, 0.6) is 11.5 Å². The molecule has 1 aromatic heterocycles. The monoisotopic (exact) mass is 342 g/mol. The predicted octanol–water partition coefficient (Wildman–Crippen LogP) is 3.19. The molecule has 25 heavy (non-hydrogen) atoms. The zero-order chi connectivity index (χ0) is 18.0. The zero-order valence-electron chi connectivity index (χ0n) is 15.6. The van der Waals surface area contributed by atoms with E-state index in [9.17, 15) is 0 Å². The molecule has 0 saturated heterocycles. The van der Waals surface area contributed by atoms with Gasteiger partial charge in [-0.2, -0.15) is 4.98 Å². The summed E-state index contributed by atoms with van der Waals surface area (Å²) < 4.78 is 10.9. The first-order valence-corrected chi connectivity index (χ1v) is 8.61.